The average Bonchev–Trinajstić information content (AvgIpc) is 2.60. The molecule has 0 radical (unpaired) electrons. The molecule has 2 aromatic rings. The van der Waals surface area contributed by atoms with E-state index in [0.29, 0.717) is 0 Å². The summed E-state index contributed by atoms with van der Waals surface area (Å²) in [6.45, 7) is 0. The van der Waals surface area contributed by atoms with Crippen molar-refractivity contribution in [3.8, 4) is 0 Å². The Morgan fingerprint density at radius 3 is 2.09 bits per heavy atom. The van der Waals surface area contributed by atoms with E-state index in [1.807, 2.05) is 67.7 Å². The van der Waals surface area contributed by atoms with Gasteiger partial charge in [0, 0.05) is 14.1 Å². The molecule has 120 valence electrons. The van der Waals surface area contributed by atoms with Gasteiger partial charge in [-0.1, -0.05) is 48.5 Å². The molecule has 6 nitrogen and oxygen atoms in total. The molecule has 0 bridgehead atoms. The Morgan fingerprint density at radius 1 is 0.957 bits per heavy atom. The molecule has 0 aliphatic rings. The minimum absolute atomic E-state index is 0.432. The van der Waals surface area contributed by atoms with Crippen LogP contribution in [0, 0.1) is 0 Å². The highest BCUT2D eigenvalue weighted by atomic mass is 16.2. The van der Waals surface area contributed by atoms with E-state index in [0.717, 1.165) is 11.3 Å². The number of benzene rings is 2. The van der Waals surface area contributed by atoms with Crippen molar-refractivity contribution in [1.82, 2.24) is 16.1 Å². The van der Waals surface area contributed by atoms with Gasteiger partial charge in [-0.3, -0.25) is 10.1 Å². The van der Waals surface area contributed by atoms with Crippen LogP contribution in [0.3, 0.4) is 0 Å². The lowest BCUT2D eigenvalue weighted by molar-refractivity contribution is -0.122. The number of rotatable bonds is 5. The molecule has 0 unspecified atom stereocenters. The van der Waals surface area contributed by atoms with Crippen molar-refractivity contribution in [2.75, 3.05) is 19.1 Å². The standard InChI is InChI=1S/C17H20N4O2/c1-18-17(23)19-16(22)15(13-9-5-3-6-10-13)20-21(2)14-11-7-4-8-12-14/h3-12,15,20H,1-2H3,(H2,18,19,22,23)/t15-/m0/s1. The summed E-state index contributed by atoms with van der Waals surface area (Å²) >= 11 is 0. The van der Waals surface area contributed by atoms with Crippen LogP contribution in [-0.4, -0.2) is 26.0 Å². The van der Waals surface area contributed by atoms with E-state index < -0.39 is 18.0 Å². The summed E-state index contributed by atoms with van der Waals surface area (Å²) in [5.74, 6) is -0.432. The lowest BCUT2D eigenvalue weighted by atomic mass is 10.1. The van der Waals surface area contributed by atoms with Crippen molar-refractivity contribution in [1.29, 1.82) is 0 Å². The van der Waals surface area contributed by atoms with E-state index >= 15 is 0 Å². The minimum Gasteiger partial charge on any atom is -0.341 e. The second-order valence-corrected chi connectivity index (χ2v) is 4.94. The first kappa shape index (κ1) is 16.5. The van der Waals surface area contributed by atoms with E-state index in [2.05, 4.69) is 16.1 Å². The average molecular weight is 312 g/mol. The number of para-hydroxylation sites is 1. The van der Waals surface area contributed by atoms with Crippen LogP contribution in [0.5, 0.6) is 0 Å². The topological polar surface area (TPSA) is 73.5 Å². The SMILES string of the molecule is CNC(=O)NC(=O)[C@@H](NN(C)c1ccccc1)c1ccccc1. The Balaban J connectivity index is 2.20. The summed E-state index contributed by atoms with van der Waals surface area (Å²) in [7, 11) is 3.28. The van der Waals surface area contributed by atoms with Gasteiger partial charge >= 0.3 is 6.03 Å². The molecule has 1 atom stereocenters. The second-order valence-electron chi connectivity index (χ2n) is 4.94. The Morgan fingerprint density at radius 2 is 1.52 bits per heavy atom. The molecule has 6 heteroatoms. The van der Waals surface area contributed by atoms with Gasteiger partial charge in [0.15, 0.2) is 0 Å². The smallest absolute Gasteiger partial charge is 0.321 e. The van der Waals surface area contributed by atoms with Crippen molar-refractivity contribution < 1.29 is 9.59 Å². The lowest BCUT2D eigenvalue weighted by Gasteiger charge is -2.27. The molecule has 0 saturated carbocycles. The minimum atomic E-state index is -0.696. The summed E-state index contributed by atoms with van der Waals surface area (Å²) in [5, 5.41) is 6.43. The van der Waals surface area contributed by atoms with E-state index in [1.165, 1.54) is 7.05 Å². The summed E-state index contributed by atoms with van der Waals surface area (Å²) < 4.78 is 0. The Labute approximate surface area is 135 Å². The maximum atomic E-state index is 12.4. The van der Waals surface area contributed by atoms with Gasteiger partial charge in [0.05, 0.1) is 5.69 Å². The second kappa shape index (κ2) is 7.95. The predicted octanol–water partition coefficient (Wildman–Crippen LogP) is 1.82. The van der Waals surface area contributed by atoms with E-state index in [9.17, 15) is 9.59 Å². The maximum absolute atomic E-state index is 12.4. The van der Waals surface area contributed by atoms with Crippen LogP contribution in [0.25, 0.3) is 0 Å². The first-order valence-corrected chi connectivity index (χ1v) is 7.24. The molecule has 2 rings (SSSR count). The van der Waals surface area contributed by atoms with Crippen LogP contribution >= 0.6 is 0 Å². The number of imide groups is 1. The van der Waals surface area contributed by atoms with Crippen LogP contribution < -0.4 is 21.1 Å². The predicted molar refractivity (Wildman–Crippen MR) is 89.8 cm³/mol. The molecule has 0 aromatic heterocycles. The number of hydrogen-bond acceptors (Lipinski definition) is 4. The zero-order valence-electron chi connectivity index (χ0n) is 13.1. The van der Waals surface area contributed by atoms with Crippen molar-refractivity contribution in [3.63, 3.8) is 0 Å². The molecule has 3 N–H and O–H groups in total. The molecular weight excluding hydrogens is 292 g/mol. The molecule has 3 amide bonds. The van der Waals surface area contributed by atoms with Crippen LogP contribution in [0.2, 0.25) is 0 Å². The molecule has 0 aliphatic heterocycles. The maximum Gasteiger partial charge on any atom is 0.321 e. The van der Waals surface area contributed by atoms with Gasteiger partial charge in [-0.2, -0.15) is 0 Å². The van der Waals surface area contributed by atoms with Crippen LogP contribution in [0.1, 0.15) is 11.6 Å². The highest BCUT2D eigenvalue weighted by Crippen LogP contribution is 2.16. The molecule has 0 saturated heterocycles. The molecule has 0 spiro atoms. The van der Waals surface area contributed by atoms with Crippen molar-refractivity contribution in [2.45, 2.75) is 6.04 Å². The third-order valence-corrected chi connectivity index (χ3v) is 3.33. The number of urea groups is 1. The number of hydrogen-bond donors (Lipinski definition) is 3. The molecular formula is C17H20N4O2. The van der Waals surface area contributed by atoms with Gasteiger partial charge in [-0.25, -0.2) is 10.2 Å². The van der Waals surface area contributed by atoms with E-state index in [4.69, 9.17) is 0 Å². The third kappa shape index (κ3) is 4.55. The highest BCUT2D eigenvalue weighted by molar-refractivity contribution is 5.97. The highest BCUT2D eigenvalue weighted by Gasteiger charge is 2.23. The molecule has 0 heterocycles. The number of carbonyl (C=O) groups excluding carboxylic acids is 2. The Bertz CT molecular complexity index is 646. The first-order chi connectivity index (χ1) is 11.1. The summed E-state index contributed by atoms with van der Waals surface area (Å²) in [5.41, 5.74) is 4.78. The zero-order valence-corrected chi connectivity index (χ0v) is 13.1. The fourth-order valence-corrected chi connectivity index (χ4v) is 2.10. The van der Waals surface area contributed by atoms with Gasteiger partial charge in [-0.15, -0.1) is 0 Å². The van der Waals surface area contributed by atoms with Crippen LogP contribution in [-0.2, 0) is 4.79 Å². The molecule has 0 aliphatic carbocycles. The van der Waals surface area contributed by atoms with Crippen molar-refractivity contribution in [3.05, 3.63) is 66.2 Å². The Kier molecular flexibility index (Phi) is 5.71. The number of amides is 3. The molecule has 23 heavy (non-hydrogen) atoms. The number of nitrogens with one attached hydrogen (secondary N) is 3. The quantitative estimate of drug-likeness (QED) is 0.736. The number of anilines is 1. The first-order valence-electron chi connectivity index (χ1n) is 7.24. The molecule has 0 fully saturated rings. The Hall–Kier alpha value is -2.86. The van der Waals surface area contributed by atoms with Crippen LogP contribution in [0.15, 0.2) is 60.7 Å². The van der Waals surface area contributed by atoms with Crippen molar-refractivity contribution in [2.24, 2.45) is 0 Å². The van der Waals surface area contributed by atoms with Gasteiger partial charge in [0.2, 0.25) is 0 Å². The third-order valence-electron chi connectivity index (χ3n) is 3.33. The monoisotopic (exact) mass is 312 g/mol. The summed E-state index contributed by atoms with van der Waals surface area (Å²) in [6, 6.07) is 17.6. The fourth-order valence-electron chi connectivity index (χ4n) is 2.10. The van der Waals surface area contributed by atoms with Gasteiger partial charge in [0.1, 0.15) is 6.04 Å². The van der Waals surface area contributed by atoms with Crippen molar-refractivity contribution >= 4 is 17.6 Å². The zero-order chi connectivity index (χ0) is 16.7. The summed E-state index contributed by atoms with van der Waals surface area (Å²) in [6.07, 6.45) is 0. The lowest BCUT2D eigenvalue weighted by Crippen LogP contribution is -2.48. The largest absolute Gasteiger partial charge is 0.341 e. The van der Waals surface area contributed by atoms with Gasteiger partial charge in [-0.05, 0) is 17.7 Å². The normalized spacial score (nSPS) is 11.4. The number of hydrazine groups is 1. The molecule has 2 aromatic carbocycles. The van der Waals surface area contributed by atoms with E-state index in [-0.39, 0.29) is 0 Å². The number of carbonyl (C=O) groups is 2. The van der Waals surface area contributed by atoms with E-state index in [1.54, 1.807) is 5.01 Å². The van der Waals surface area contributed by atoms with Gasteiger partial charge in [0.25, 0.3) is 5.91 Å². The van der Waals surface area contributed by atoms with Gasteiger partial charge < -0.3 is 10.3 Å². The fraction of sp³-hybridized carbons (Fsp3) is 0.176. The number of nitrogens with zero attached hydrogens (tertiary/aromatic N) is 1. The summed E-state index contributed by atoms with van der Waals surface area (Å²) in [4.78, 5) is 23.8. The van der Waals surface area contributed by atoms with Crippen LogP contribution in [0.4, 0.5) is 10.5 Å².